The second kappa shape index (κ2) is 5.75. The van der Waals surface area contributed by atoms with E-state index in [4.69, 9.17) is 32.2 Å². The van der Waals surface area contributed by atoms with Crippen molar-refractivity contribution in [3.05, 3.63) is 17.7 Å². The lowest BCUT2D eigenvalue weighted by atomic mass is 10.1. The molecule has 0 bridgehead atoms. The minimum absolute atomic E-state index is 0.111. The molecule has 0 spiro atoms. The third kappa shape index (κ3) is 2.87. The summed E-state index contributed by atoms with van der Waals surface area (Å²) in [4.78, 5) is 11.8. The first-order valence-electron chi connectivity index (χ1n) is 5.79. The molecule has 1 heterocycles. The number of rotatable bonds is 3. The number of benzene rings is 1. The first kappa shape index (κ1) is 13.4. The van der Waals surface area contributed by atoms with E-state index in [0.29, 0.717) is 42.6 Å². The lowest BCUT2D eigenvalue weighted by Crippen LogP contribution is -2.23. The van der Waals surface area contributed by atoms with Crippen molar-refractivity contribution in [3.8, 4) is 11.5 Å². The quantitative estimate of drug-likeness (QED) is 0.638. The van der Waals surface area contributed by atoms with Crippen LogP contribution in [0.3, 0.4) is 0 Å². The molecule has 3 N–H and O–H groups in total. The number of carbonyl (C=O) groups is 1. The molecule has 0 saturated carbocycles. The van der Waals surface area contributed by atoms with Crippen LogP contribution >= 0.6 is 12.2 Å². The second-order valence-electron chi connectivity index (χ2n) is 3.73. The summed E-state index contributed by atoms with van der Waals surface area (Å²) in [6.45, 7) is 2.80. The van der Waals surface area contributed by atoms with Crippen LogP contribution in [0.15, 0.2) is 12.1 Å². The van der Waals surface area contributed by atoms with Crippen molar-refractivity contribution in [2.45, 2.75) is 6.92 Å². The van der Waals surface area contributed by atoms with Crippen molar-refractivity contribution in [2.75, 3.05) is 25.1 Å². The average Bonchev–Trinajstić information content (AvgIpc) is 2.38. The van der Waals surface area contributed by atoms with Crippen LogP contribution in [0.2, 0.25) is 0 Å². The average molecular weight is 282 g/mol. The number of nitrogens with one attached hydrogen (secondary N) is 1. The number of hydrogen-bond acceptors (Lipinski definition) is 5. The number of anilines is 1. The molecular formula is C12H14N2O4S. The van der Waals surface area contributed by atoms with Crippen LogP contribution in [-0.2, 0) is 4.74 Å². The van der Waals surface area contributed by atoms with Gasteiger partial charge in [-0.05, 0) is 31.3 Å². The van der Waals surface area contributed by atoms with E-state index >= 15 is 0 Å². The number of nitrogens with two attached hydrogens (primary N) is 1. The first-order chi connectivity index (χ1) is 9.13. The van der Waals surface area contributed by atoms with Crippen LogP contribution in [0, 0.1) is 0 Å². The normalized spacial score (nSPS) is 12.7. The Bertz CT molecular complexity index is 519. The number of carbonyl (C=O) groups excluding carboxylic acids is 1. The molecule has 1 aromatic rings. The number of ether oxygens (including phenoxy) is 3. The Morgan fingerprint density at radius 3 is 2.74 bits per heavy atom. The Balaban J connectivity index is 2.42. The van der Waals surface area contributed by atoms with Crippen LogP contribution in [0.4, 0.5) is 5.69 Å². The SMILES string of the molecule is CCOC(=O)c1ccc(NC(N)=S)c2c1OCCO2. The van der Waals surface area contributed by atoms with Crippen molar-refractivity contribution < 1.29 is 19.0 Å². The summed E-state index contributed by atoms with van der Waals surface area (Å²) in [5.41, 5.74) is 6.32. The van der Waals surface area contributed by atoms with Gasteiger partial charge in [0.15, 0.2) is 16.6 Å². The van der Waals surface area contributed by atoms with Gasteiger partial charge in [0, 0.05) is 0 Å². The van der Waals surface area contributed by atoms with E-state index in [0.717, 1.165) is 0 Å². The summed E-state index contributed by atoms with van der Waals surface area (Å²) >= 11 is 4.79. The van der Waals surface area contributed by atoms with Gasteiger partial charge in [-0.1, -0.05) is 0 Å². The molecule has 1 aromatic carbocycles. The maximum Gasteiger partial charge on any atom is 0.342 e. The molecule has 0 saturated heterocycles. The van der Waals surface area contributed by atoms with Crippen molar-refractivity contribution in [1.82, 2.24) is 0 Å². The molecule has 0 atom stereocenters. The van der Waals surface area contributed by atoms with Crippen LogP contribution in [0.25, 0.3) is 0 Å². The molecule has 19 heavy (non-hydrogen) atoms. The molecule has 1 aliphatic rings. The van der Waals surface area contributed by atoms with Gasteiger partial charge in [0.2, 0.25) is 0 Å². The maximum atomic E-state index is 11.8. The van der Waals surface area contributed by atoms with Gasteiger partial charge in [-0.3, -0.25) is 0 Å². The van der Waals surface area contributed by atoms with Gasteiger partial charge >= 0.3 is 5.97 Å². The maximum absolute atomic E-state index is 11.8. The fourth-order valence-corrected chi connectivity index (χ4v) is 1.85. The van der Waals surface area contributed by atoms with E-state index in [9.17, 15) is 4.79 Å². The Morgan fingerprint density at radius 2 is 2.11 bits per heavy atom. The highest BCUT2D eigenvalue weighted by atomic mass is 32.1. The molecule has 2 rings (SSSR count). The van der Waals surface area contributed by atoms with Gasteiger partial charge in [-0.25, -0.2) is 4.79 Å². The Morgan fingerprint density at radius 1 is 1.42 bits per heavy atom. The third-order valence-corrected chi connectivity index (χ3v) is 2.54. The molecular weight excluding hydrogens is 268 g/mol. The highest BCUT2D eigenvalue weighted by molar-refractivity contribution is 7.80. The van der Waals surface area contributed by atoms with E-state index in [2.05, 4.69) is 5.32 Å². The molecule has 0 aromatic heterocycles. The summed E-state index contributed by atoms with van der Waals surface area (Å²) < 4.78 is 16.0. The van der Waals surface area contributed by atoms with E-state index in [1.165, 1.54) is 0 Å². The summed E-state index contributed by atoms with van der Waals surface area (Å²) in [6.07, 6.45) is 0. The number of hydrogen-bond donors (Lipinski definition) is 2. The molecule has 7 heteroatoms. The van der Waals surface area contributed by atoms with E-state index in [1.54, 1.807) is 19.1 Å². The fraction of sp³-hybridized carbons (Fsp3) is 0.333. The topological polar surface area (TPSA) is 82.8 Å². The number of fused-ring (bicyclic) bond motifs is 1. The van der Waals surface area contributed by atoms with Crippen molar-refractivity contribution >= 4 is 29.0 Å². The molecule has 0 radical (unpaired) electrons. The van der Waals surface area contributed by atoms with E-state index < -0.39 is 5.97 Å². The van der Waals surface area contributed by atoms with E-state index in [1.807, 2.05) is 0 Å². The van der Waals surface area contributed by atoms with Crippen LogP contribution in [0.5, 0.6) is 11.5 Å². The Kier molecular flexibility index (Phi) is 4.06. The highest BCUT2D eigenvalue weighted by Crippen LogP contribution is 2.40. The van der Waals surface area contributed by atoms with Gasteiger partial charge in [0.1, 0.15) is 18.8 Å². The van der Waals surface area contributed by atoms with Crippen LogP contribution in [0.1, 0.15) is 17.3 Å². The summed E-state index contributed by atoms with van der Waals surface area (Å²) in [6, 6.07) is 3.24. The molecule has 0 aliphatic carbocycles. The van der Waals surface area contributed by atoms with Crippen LogP contribution < -0.4 is 20.5 Å². The Labute approximate surface area is 115 Å². The molecule has 0 fully saturated rings. The number of esters is 1. The standard InChI is InChI=1S/C12H14N2O4S/c1-2-16-11(15)7-3-4-8(14-12(13)19)10-9(7)17-5-6-18-10/h3-4H,2,5-6H2,1H3,(H3,13,14,19). The lowest BCUT2D eigenvalue weighted by molar-refractivity contribution is 0.0516. The molecule has 0 unspecified atom stereocenters. The molecule has 102 valence electrons. The van der Waals surface area contributed by atoms with Gasteiger partial charge < -0.3 is 25.3 Å². The summed E-state index contributed by atoms with van der Waals surface area (Å²) in [5.74, 6) is 0.321. The lowest BCUT2D eigenvalue weighted by Gasteiger charge is -2.23. The smallest absolute Gasteiger partial charge is 0.342 e. The Hall–Kier alpha value is -2.02. The third-order valence-electron chi connectivity index (χ3n) is 2.44. The molecule has 6 nitrogen and oxygen atoms in total. The van der Waals surface area contributed by atoms with Gasteiger partial charge in [-0.2, -0.15) is 0 Å². The van der Waals surface area contributed by atoms with Crippen molar-refractivity contribution in [1.29, 1.82) is 0 Å². The first-order valence-corrected chi connectivity index (χ1v) is 6.20. The summed E-state index contributed by atoms with van der Waals surface area (Å²) in [7, 11) is 0. The fourth-order valence-electron chi connectivity index (χ4n) is 1.74. The zero-order valence-corrected chi connectivity index (χ0v) is 11.2. The van der Waals surface area contributed by atoms with Gasteiger partial charge in [-0.15, -0.1) is 0 Å². The molecule has 0 amide bonds. The van der Waals surface area contributed by atoms with Crippen molar-refractivity contribution in [3.63, 3.8) is 0 Å². The minimum Gasteiger partial charge on any atom is -0.485 e. The van der Waals surface area contributed by atoms with Gasteiger partial charge in [0.25, 0.3) is 0 Å². The largest absolute Gasteiger partial charge is 0.485 e. The predicted molar refractivity (Wildman–Crippen MR) is 73.8 cm³/mol. The molecule has 1 aliphatic heterocycles. The zero-order valence-electron chi connectivity index (χ0n) is 10.4. The second-order valence-corrected chi connectivity index (χ2v) is 4.17. The monoisotopic (exact) mass is 282 g/mol. The van der Waals surface area contributed by atoms with E-state index in [-0.39, 0.29) is 5.11 Å². The highest BCUT2D eigenvalue weighted by Gasteiger charge is 2.24. The van der Waals surface area contributed by atoms with Crippen molar-refractivity contribution in [2.24, 2.45) is 5.73 Å². The number of thiocarbonyl (C=S) groups is 1. The summed E-state index contributed by atoms with van der Waals surface area (Å²) in [5, 5.41) is 2.89. The predicted octanol–water partition coefficient (Wildman–Crippen LogP) is 1.29. The minimum atomic E-state index is -0.453. The zero-order chi connectivity index (χ0) is 13.8. The van der Waals surface area contributed by atoms with Crippen LogP contribution in [-0.4, -0.2) is 30.9 Å². The van der Waals surface area contributed by atoms with Gasteiger partial charge in [0.05, 0.1) is 12.3 Å².